The van der Waals surface area contributed by atoms with E-state index in [2.05, 4.69) is 25.9 Å². The summed E-state index contributed by atoms with van der Waals surface area (Å²) in [6.45, 7) is 0.0855. The van der Waals surface area contributed by atoms with Crippen LogP contribution in [0.15, 0.2) is 65.2 Å². The third kappa shape index (κ3) is 4.34. The van der Waals surface area contributed by atoms with E-state index in [1.807, 2.05) is 30.3 Å². The molecule has 4 amide bonds. The van der Waals surface area contributed by atoms with Gasteiger partial charge < -0.3 is 20.0 Å². The van der Waals surface area contributed by atoms with Crippen LogP contribution in [0.2, 0.25) is 0 Å². The maximum atomic E-state index is 13.0. The minimum absolute atomic E-state index is 0.0783. The summed E-state index contributed by atoms with van der Waals surface area (Å²) in [6, 6.07) is 15.4. The van der Waals surface area contributed by atoms with Gasteiger partial charge in [0, 0.05) is 41.4 Å². The van der Waals surface area contributed by atoms with Crippen LogP contribution in [0.3, 0.4) is 0 Å². The number of fused-ring (bicyclic) bond motifs is 2. The number of furan rings is 1. The van der Waals surface area contributed by atoms with Crippen LogP contribution in [0, 0.1) is 0 Å². The zero-order valence-corrected chi connectivity index (χ0v) is 20.1. The zero-order valence-electron chi connectivity index (χ0n) is 20.1. The number of hydrogen-bond donors (Lipinski definition) is 3. The van der Waals surface area contributed by atoms with Gasteiger partial charge in [-0.15, -0.1) is 0 Å². The molecule has 0 bridgehead atoms. The Morgan fingerprint density at radius 1 is 1.11 bits per heavy atom. The molecule has 2 aromatic carbocycles. The molecular formula is C27H22N6O5. The van der Waals surface area contributed by atoms with Crippen LogP contribution < -0.4 is 16.0 Å². The Balaban J connectivity index is 1.12. The van der Waals surface area contributed by atoms with E-state index in [0.717, 1.165) is 11.0 Å². The van der Waals surface area contributed by atoms with Gasteiger partial charge in [-0.25, -0.2) is 9.97 Å². The van der Waals surface area contributed by atoms with E-state index in [4.69, 9.17) is 4.42 Å². The summed E-state index contributed by atoms with van der Waals surface area (Å²) in [4.78, 5) is 59.7. The quantitative estimate of drug-likeness (QED) is 0.336. The van der Waals surface area contributed by atoms with Gasteiger partial charge in [0.25, 0.3) is 5.91 Å². The van der Waals surface area contributed by atoms with E-state index in [9.17, 15) is 19.2 Å². The van der Waals surface area contributed by atoms with Gasteiger partial charge in [-0.2, -0.15) is 0 Å². The first-order chi connectivity index (χ1) is 18.5. The number of imide groups is 1. The van der Waals surface area contributed by atoms with Crippen molar-refractivity contribution < 1.29 is 23.6 Å². The lowest BCUT2D eigenvalue weighted by Crippen LogP contribution is -2.52. The standard InChI is InChI=1S/C27H22N6O5/c34-23-9-8-19(26(36)32-23)33-14-17-16(27(33)37)5-3-6-18(17)30-24(35)13-29-22-10-11-28-25(31-22)21-12-15-4-1-2-7-20(15)38-21/h1-7,10-12,19H,8-9,13-14H2,(H,30,35)(H,28,29,31)(H,32,34,36). The molecule has 0 radical (unpaired) electrons. The molecule has 6 rings (SSSR count). The SMILES string of the molecule is O=C1CCC(N2Cc3c(NC(=O)CNc4ccnc(-c5cc6ccccc6o5)n4)cccc3C2=O)C(=O)N1. The third-order valence-electron chi connectivity index (χ3n) is 6.59. The number of carbonyl (C=O) groups excluding carboxylic acids is 4. The third-order valence-corrected chi connectivity index (χ3v) is 6.59. The van der Waals surface area contributed by atoms with E-state index in [-0.39, 0.29) is 43.7 Å². The highest BCUT2D eigenvalue weighted by atomic mass is 16.3. The Bertz CT molecular complexity index is 1580. The number of anilines is 2. The number of benzene rings is 2. The minimum Gasteiger partial charge on any atom is -0.453 e. The maximum absolute atomic E-state index is 13.0. The molecule has 1 fully saturated rings. The van der Waals surface area contributed by atoms with Crippen molar-refractivity contribution in [3.63, 3.8) is 0 Å². The monoisotopic (exact) mass is 510 g/mol. The predicted molar refractivity (Wildman–Crippen MR) is 137 cm³/mol. The molecule has 38 heavy (non-hydrogen) atoms. The number of amides is 4. The number of nitrogens with one attached hydrogen (secondary N) is 3. The predicted octanol–water partition coefficient (Wildman–Crippen LogP) is 2.70. The van der Waals surface area contributed by atoms with E-state index < -0.39 is 11.9 Å². The molecule has 2 aromatic heterocycles. The lowest BCUT2D eigenvalue weighted by atomic mass is 10.0. The molecule has 0 saturated carbocycles. The van der Waals surface area contributed by atoms with E-state index in [1.54, 1.807) is 30.5 Å². The van der Waals surface area contributed by atoms with Crippen LogP contribution in [0.25, 0.3) is 22.6 Å². The van der Waals surface area contributed by atoms with Gasteiger partial charge in [0.2, 0.25) is 17.7 Å². The van der Waals surface area contributed by atoms with Crippen molar-refractivity contribution in [2.75, 3.05) is 17.2 Å². The first-order valence-electron chi connectivity index (χ1n) is 12.1. The smallest absolute Gasteiger partial charge is 0.255 e. The average molecular weight is 511 g/mol. The van der Waals surface area contributed by atoms with Gasteiger partial charge in [-0.3, -0.25) is 24.5 Å². The van der Waals surface area contributed by atoms with Crippen LogP contribution in [0.4, 0.5) is 11.5 Å². The van der Waals surface area contributed by atoms with Crippen molar-refractivity contribution in [2.45, 2.75) is 25.4 Å². The van der Waals surface area contributed by atoms with Gasteiger partial charge in [0.05, 0.1) is 6.54 Å². The van der Waals surface area contributed by atoms with Crippen molar-refractivity contribution in [3.05, 3.63) is 71.9 Å². The van der Waals surface area contributed by atoms with Gasteiger partial charge in [0.1, 0.15) is 17.4 Å². The number of para-hydroxylation sites is 1. The topological polar surface area (TPSA) is 147 Å². The molecule has 1 saturated heterocycles. The number of piperidine rings is 1. The highest BCUT2D eigenvalue weighted by Gasteiger charge is 2.39. The van der Waals surface area contributed by atoms with E-state index in [1.165, 1.54) is 4.90 Å². The molecule has 190 valence electrons. The van der Waals surface area contributed by atoms with Crippen molar-refractivity contribution in [3.8, 4) is 11.6 Å². The minimum atomic E-state index is -0.725. The Morgan fingerprint density at radius 3 is 2.82 bits per heavy atom. The van der Waals surface area contributed by atoms with Crippen LogP contribution in [-0.4, -0.2) is 51.1 Å². The Kier molecular flexibility index (Phi) is 5.79. The summed E-state index contributed by atoms with van der Waals surface area (Å²) in [5.41, 5.74) is 2.27. The zero-order chi connectivity index (χ0) is 26.2. The number of rotatable bonds is 6. The second-order valence-electron chi connectivity index (χ2n) is 9.05. The highest BCUT2D eigenvalue weighted by Crippen LogP contribution is 2.32. The first-order valence-corrected chi connectivity index (χ1v) is 12.1. The molecule has 0 spiro atoms. The van der Waals surface area contributed by atoms with E-state index in [0.29, 0.717) is 34.2 Å². The molecule has 11 heteroatoms. The summed E-state index contributed by atoms with van der Waals surface area (Å²) in [5, 5.41) is 9.06. The molecule has 0 aliphatic carbocycles. The van der Waals surface area contributed by atoms with Crippen LogP contribution in [-0.2, 0) is 20.9 Å². The number of aromatic nitrogens is 2. The Labute approximate surface area is 216 Å². The lowest BCUT2D eigenvalue weighted by Gasteiger charge is -2.29. The largest absolute Gasteiger partial charge is 0.453 e. The molecule has 3 N–H and O–H groups in total. The van der Waals surface area contributed by atoms with Crippen molar-refractivity contribution in [1.29, 1.82) is 0 Å². The molecule has 1 atom stereocenters. The first kappa shape index (κ1) is 23.3. The summed E-state index contributed by atoms with van der Waals surface area (Å²) in [7, 11) is 0. The summed E-state index contributed by atoms with van der Waals surface area (Å²) >= 11 is 0. The van der Waals surface area contributed by atoms with Gasteiger partial charge in [-0.05, 0) is 36.8 Å². The second kappa shape index (κ2) is 9.43. The van der Waals surface area contributed by atoms with Gasteiger partial charge in [0.15, 0.2) is 11.6 Å². The molecule has 4 aromatic rings. The molecule has 11 nitrogen and oxygen atoms in total. The lowest BCUT2D eigenvalue weighted by molar-refractivity contribution is -0.137. The van der Waals surface area contributed by atoms with Crippen molar-refractivity contribution in [2.24, 2.45) is 0 Å². The summed E-state index contributed by atoms with van der Waals surface area (Å²) in [5.74, 6) is -0.114. The molecule has 2 aliphatic heterocycles. The van der Waals surface area contributed by atoms with Crippen LogP contribution >= 0.6 is 0 Å². The van der Waals surface area contributed by atoms with Crippen molar-refractivity contribution >= 4 is 46.1 Å². The fourth-order valence-corrected chi connectivity index (χ4v) is 4.74. The number of hydrogen-bond acceptors (Lipinski definition) is 8. The molecular weight excluding hydrogens is 488 g/mol. The fourth-order valence-electron chi connectivity index (χ4n) is 4.74. The molecule has 1 unspecified atom stereocenters. The summed E-state index contributed by atoms with van der Waals surface area (Å²) in [6.07, 6.45) is 2.02. The molecule has 2 aliphatic rings. The van der Waals surface area contributed by atoms with Crippen LogP contribution in [0.5, 0.6) is 0 Å². The Hall–Kier alpha value is -5.06. The maximum Gasteiger partial charge on any atom is 0.255 e. The van der Waals surface area contributed by atoms with Crippen molar-refractivity contribution in [1.82, 2.24) is 20.2 Å². The molecule has 4 heterocycles. The number of nitrogens with zero attached hydrogens (tertiary/aromatic N) is 3. The van der Waals surface area contributed by atoms with Crippen LogP contribution in [0.1, 0.15) is 28.8 Å². The summed E-state index contributed by atoms with van der Waals surface area (Å²) < 4.78 is 5.82. The fraction of sp³-hybridized carbons (Fsp3) is 0.185. The van der Waals surface area contributed by atoms with Gasteiger partial charge in [-0.1, -0.05) is 24.3 Å². The van der Waals surface area contributed by atoms with E-state index >= 15 is 0 Å². The Morgan fingerprint density at radius 2 is 1.97 bits per heavy atom. The second-order valence-corrected chi connectivity index (χ2v) is 9.05. The highest BCUT2D eigenvalue weighted by molar-refractivity contribution is 6.07. The van der Waals surface area contributed by atoms with Gasteiger partial charge >= 0.3 is 0 Å². The average Bonchev–Trinajstić information content (AvgIpc) is 3.50. The normalized spacial score (nSPS) is 16.9. The number of carbonyl (C=O) groups is 4.